The predicted molar refractivity (Wildman–Crippen MR) is 74.3 cm³/mol. The van der Waals surface area contributed by atoms with E-state index in [1.54, 1.807) is 6.20 Å². The first-order chi connectivity index (χ1) is 8.19. The molecule has 1 N–H and O–H groups in total. The van der Waals surface area contributed by atoms with E-state index in [-0.39, 0.29) is 0 Å². The van der Waals surface area contributed by atoms with Gasteiger partial charge >= 0.3 is 0 Å². The van der Waals surface area contributed by atoms with Crippen molar-refractivity contribution in [1.29, 1.82) is 0 Å². The second-order valence-corrected chi connectivity index (χ2v) is 4.58. The fourth-order valence-electron chi connectivity index (χ4n) is 1.49. The number of halogens is 1. The summed E-state index contributed by atoms with van der Waals surface area (Å²) < 4.78 is 0.970. The Kier molecular flexibility index (Phi) is 3.46. The Hall–Kier alpha value is -1.79. The standard InChI is InChI=1S/C14H11BrN2/c1-3-11-5-4-6-13(8-11)17-14-10(2)7-12(15)9-16-14/h1,4-9H,2H3,(H,16,17). The van der Waals surface area contributed by atoms with Gasteiger partial charge in [-0.3, -0.25) is 0 Å². The van der Waals surface area contributed by atoms with Crippen molar-refractivity contribution in [2.45, 2.75) is 6.92 Å². The van der Waals surface area contributed by atoms with Gasteiger partial charge in [0.05, 0.1) is 0 Å². The van der Waals surface area contributed by atoms with Gasteiger partial charge in [0, 0.05) is 21.9 Å². The summed E-state index contributed by atoms with van der Waals surface area (Å²) in [7, 11) is 0. The summed E-state index contributed by atoms with van der Waals surface area (Å²) in [5.74, 6) is 3.44. The second kappa shape index (κ2) is 5.03. The first-order valence-electron chi connectivity index (χ1n) is 5.15. The van der Waals surface area contributed by atoms with Crippen molar-refractivity contribution >= 4 is 27.4 Å². The van der Waals surface area contributed by atoms with Crippen LogP contribution in [0.25, 0.3) is 0 Å². The topological polar surface area (TPSA) is 24.9 Å². The molecule has 0 aliphatic heterocycles. The van der Waals surface area contributed by atoms with Gasteiger partial charge in [-0.2, -0.15) is 0 Å². The van der Waals surface area contributed by atoms with Gasteiger partial charge in [-0.25, -0.2) is 4.98 Å². The van der Waals surface area contributed by atoms with Crippen molar-refractivity contribution in [3.05, 3.63) is 52.1 Å². The van der Waals surface area contributed by atoms with Crippen LogP contribution in [-0.2, 0) is 0 Å². The lowest BCUT2D eigenvalue weighted by Gasteiger charge is -2.08. The van der Waals surface area contributed by atoms with Gasteiger partial charge in [-0.15, -0.1) is 6.42 Å². The Morgan fingerprint density at radius 2 is 2.18 bits per heavy atom. The summed E-state index contributed by atoms with van der Waals surface area (Å²) in [5, 5.41) is 3.25. The maximum absolute atomic E-state index is 5.36. The van der Waals surface area contributed by atoms with Crippen LogP contribution in [0.3, 0.4) is 0 Å². The Bertz CT molecular complexity index is 585. The van der Waals surface area contributed by atoms with E-state index in [2.05, 4.69) is 32.2 Å². The van der Waals surface area contributed by atoms with Gasteiger partial charge in [-0.1, -0.05) is 12.0 Å². The molecule has 2 aromatic rings. The minimum Gasteiger partial charge on any atom is -0.340 e. The molecule has 0 unspecified atom stereocenters. The van der Waals surface area contributed by atoms with Crippen LogP contribution in [0.1, 0.15) is 11.1 Å². The van der Waals surface area contributed by atoms with E-state index in [1.165, 1.54) is 0 Å². The Labute approximate surface area is 109 Å². The van der Waals surface area contributed by atoms with E-state index >= 15 is 0 Å². The summed E-state index contributed by atoms with van der Waals surface area (Å²) in [6, 6.07) is 9.71. The molecular weight excluding hydrogens is 276 g/mol. The SMILES string of the molecule is C#Cc1cccc(Nc2ncc(Br)cc2C)c1. The van der Waals surface area contributed by atoms with E-state index in [0.29, 0.717) is 0 Å². The Morgan fingerprint density at radius 1 is 1.35 bits per heavy atom. The van der Waals surface area contributed by atoms with Gasteiger partial charge in [-0.05, 0) is 52.7 Å². The Balaban J connectivity index is 2.28. The van der Waals surface area contributed by atoms with E-state index < -0.39 is 0 Å². The molecule has 84 valence electrons. The quantitative estimate of drug-likeness (QED) is 0.848. The molecule has 0 aliphatic carbocycles. The van der Waals surface area contributed by atoms with Crippen molar-refractivity contribution < 1.29 is 0 Å². The van der Waals surface area contributed by atoms with Crippen LogP contribution in [0.5, 0.6) is 0 Å². The van der Waals surface area contributed by atoms with Crippen LogP contribution >= 0.6 is 15.9 Å². The molecule has 0 bridgehead atoms. The molecular formula is C14H11BrN2. The number of rotatable bonds is 2. The smallest absolute Gasteiger partial charge is 0.133 e. The number of terminal acetylenes is 1. The molecule has 2 nitrogen and oxygen atoms in total. The number of aromatic nitrogens is 1. The molecule has 1 aromatic carbocycles. The second-order valence-electron chi connectivity index (χ2n) is 3.67. The molecule has 0 radical (unpaired) electrons. The van der Waals surface area contributed by atoms with Crippen LogP contribution in [0.2, 0.25) is 0 Å². The van der Waals surface area contributed by atoms with Crippen molar-refractivity contribution in [2.75, 3.05) is 5.32 Å². The summed E-state index contributed by atoms with van der Waals surface area (Å²) in [4.78, 5) is 4.32. The third-order valence-electron chi connectivity index (χ3n) is 2.34. The summed E-state index contributed by atoms with van der Waals surface area (Å²) in [6.45, 7) is 2.01. The molecule has 3 heteroatoms. The van der Waals surface area contributed by atoms with E-state index in [1.807, 2.05) is 37.3 Å². The maximum Gasteiger partial charge on any atom is 0.133 e. The lowest BCUT2D eigenvalue weighted by Crippen LogP contribution is -1.96. The largest absolute Gasteiger partial charge is 0.340 e. The van der Waals surface area contributed by atoms with Crippen molar-refractivity contribution in [3.63, 3.8) is 0 Å². The highest BCUT2D eigenvalue weighted by molar-refractivity contribution is 9.10. The third kappa shape index (κ3) is 2.86. The van der Waals surface area contributed by atoms with Gasteiger partial charge in [0.2, 0.25) is 0 Å². The molecule has 0 saturated carbocycles. The van der Waals surface area contributed by atoms with Gasteiger partial charge in [0.15, 0.2) is 0 Å². The molecule has 0 fully saturated rings. The number of nitrogens with one attached hydrogen (secondary N) is 1. The summed E-state index contributed by atoms with van der Waals surface area (Å²) in [6.07, 6.45) is 7.13. The molecule has 0 saturated heterocycles. The number of hydrogen-bond donors (Lipinski definition) is 1. The molecule has 1 aromatic heterocycles. The molecule has 17 heavy (non-hydrogen) atoms. The minimum absolute atomic E-state index is 0.836. The van der Waals surface area contributed by atoms with E-state index in [0.717, 1.165) is 27.1 Å². The highest BCUT2D eigenvalue weighted by Crippen LogP contribution is 2.21. The lowest BCUT2D eigenvalue weighted by atomic mass is 10.2. The third-order valence-corrected chi connectivity index (χ3v) is 2.77. The lowest BCUT2D eigenvalue weighted by molar-refractivity contribution is 1.24. The van der Waals surface area contributed by atoms with Crippen LogP contribution in [0.4, 0.5) is 11.5 Å². The zero-order valence-electron chi connectivity index (χ0n) is 9.37. The van der Waals surface area contributed by atoms with E-state index in [4.69, 9.17) is 6.42 Å². The van der Waals surface area contributed by atoms with Crippen LogP contribution < -0.4 is 5.32 Å². The van der Waals surface area contributed by atoms with Gasteiger partial charge in [0.25, 0.3) is 0 Å². The minimum atomic E-state index is 0.836. The highest BCUT2D eigenvalue weighted by Gasteiger charge is 2.01. The van der Waals surface area contributed by atoms with Gasteiger partial charge in [0.1, 0.15) is 5.82 Å². The Morgan fingerprint density at radius 3 is 2.88 bits per heavy atom. The normalized spacial score (nSPS) is 9.71. The summed E-state index contributed by atoms with van der Waals surface area (Å²) in [5.41, 5.74) is 2.87. The highest BCUT2D eigenvalue weighted by atomic mass is 79.9. The average molecular weight is 287 g/mol. The number of aryl methyl sites for hydroxylation is 1. The molecule has 0 spiro atoms. The monoisotopic (exact) mass is 286 g/mol. The fraction of sp³-hybridized carbons (Fsp3) is 0.0714. The number of benzene rings is 1. The zero-order chi connectivity index (χ0) is 12.3. The van der Waals surface area contributed by atoms with Crippen molar-refractivity contribution in [2.24, 2.45) is 0 Å². The molecule has 1 heterocycles. The molecule has 2 rings (SSSR count). The maximum atomic E-state index is 5.36. The van der Waals surface area contributed by atoms with E-state index in [9.17, 15) is 0 Å². The number of anilines is 2. The van der Waals surface area contributed by atoms with Crippen LogP contribution in [0, 0.1) is 19.3 Å². The van der Waals surface area contributed by atoms with Crippen LogP contribution in [0.15, 0.2) is 41.0 Å². The first-order valence-corrected chi connectivity index (χ1v) is 5.94. The first kappa shape index (κ1) is 11.7. The molecule has 0 amide bonds. The number of pyridine rings is 1. The molecule has 0 atom stereocenters. The van der Waals surface area contributed by atoms with Crippen molar-refractivity contribution in [3.8, 4) is 12.3 Å². The van der Waals surface area contributed by atoms with Crippen LogP contribution in [-0.4, -0.2) is 4.98 Å². The average Bonchev–Trinajstić information content (AvgIpc) is 2.33. The zero-order valence-corrected chi connectivity index (χ0v) is 11.0. The predicted octanol–water partition coefficient (Wildman–Crippen LogP) is 3.88. The number of hydrogen-bond acceptors (Lipinski definition) is 2. The fourth-order valence-corrected chi connectivity index (χ4v) is 1.94. The van der Waals surface area contributed by atoms with Crippen molar-refractivity contribution in [1.82, 2.24) is 4.98 Å². The van der Waals surface area contributed by atoms with Gasteiger partial charge < -0.3 is 5.32 Å². The summed E-state index contributed by atoms with van der Waals surface area (Å²) >= 11 is 3.39. The molecule has 0 aliphatic rings. The number of nitrogens with zero attached hydrogens (tertiary/aromatic N) is 1.